The lowest BCUT2D eigenvalue weighted by molar-refractivity contribution is -0.274. The van der Waals surface area contributed by atoms with Crippen molar-refractivity contribution in [1.82, 2.24) is 0 Å². The van der Waals surface area contributed by atoms with E-state index in [2.05, 4.69) is 15.2 Å². The molecule has 2 aliphatic rings. The van der Waals surface area contributed by atoms with Gasteiger partial charge in [0.25, 0.3) is 5.91 Å². The molecule has 0 aromatic heterocycles. The fourth-order valence-corrected chi connectivity index (χ4v) is 5.38. The number of carbonyl (C=O) groups is 2. The summed E-state index contributed by atoms with van der Waals surface area (Å²) in [5.41, 5.74) is 2.38. The Bertz CT molecular complexity index is 1580. The predicted octanol–water partition coefficient (Wildman–Crippen LogP) is 6.69. The van der Waals surface area contributed by atoms with Crippen molar-refractivity contribution in [2.24, 2.45) is 5.16 Å². The molecular formula is C31H29ClF3N3O6. The van der Waals surface area contributed by atoms with Crippen molar-refractivity contribution in [1.29, 1.82) is 0 Å². The number of nitrogens with one attached hydrogen (secondary N) is 1. The lowest BCUT2D eigenvalue weighted by atomic mass is 9.99. The monoisotopic (exact) mass is 631 g/mol. The summed E-state index contributed by atoms with van der Waals surface area (Å²) >= 11 is 6.13. The Hall–Kier alpha value is -4.45. The van der Waals surface area contributed by atoms with Crippen LogP contribution in [0.15, 0.2) is 65.8 Å². The number of amides is 1. The minimum Gasteiger partial charge on any atom is -0.497 e. The van der Waals surface area contributed by atoms with E-state index in [1.54, 1.807) is 55.5 Å². The van der Waals surface area contributed by atoms with Crippen LogP contribution in [0.1, 0.15) is 48.9 Å². The molecule has 2 atom stereocenters. The molecule has 1 spiro atoms. The summed E-state index contributed by atoms with van der Waals surface area (Å²) in [6.45, 7) is 1.97. The minimum absolute atomic E-state index is 0.215. The van der Waals surface area contributed by atoms with E-state index >= 15 is 0 Å². The molecule has 1 aliphatic carbocycles. The highest BCUT2D eigenvalue weighted by Crippen LogP contribution is 2.57. The van der Waals surface area contributed by atoms with Gasteiger partial charge in [0.05, 0.1) is 19.0 Å². The van der Waals surface area contributed by atoms with Crippen LogP contribution in [0, 0.1) is 0 Å². The first-order valence-corrected chi connectivity index (χ1v) is 14.1. The third-order valence-corrected chi connectivity index (χ3v) is 7.86. The first-order chi connectivity index (χ1) is 20.9. The highest BCUT2D eigenvalue weighted by Gasteiger charge is 2.54. The number of fused-ring (bicyclic) bond motifs is 2. The van der Waals surface area contributed by atoms with Crippen molar-refractivity contribution in [2.75, 3.05) is 23.9 Å². The Labute approximate surface area is 256 Å². The van der Waals surface area contributed by atoms with E-state index in [9.17, 15) is 27.9 Å². The number of carboxylic acid groups (broad SMARTS) is 1. The van der Waals surface area contributed by atoms with Gasteiger partial charge in [-0.1, -0.05) is 41.9 Å². The van der Waals surface area contributed by atoms with Crippen LogP contribution < -0.4 is 19.7 Å². The molecule has 3 aromatic rings. The largest absolute Gasteiger partial charge is 0.573 e. The van der Waals surface area contributed by atoms with Crippen LogP contribution in [0.3, 0.4) is 0 Å². The molecule has 2 unspecified atom stereocenters. The van der Waals surface area contributed by atoms with Gasteiger partial charge in [-0.15, -0.1) is 13.2 Å². The van der Waals surface area contributed by atoms with Crippen LogP contribution in [0.2, 0.25) is 5.02 Å². The van der Waals surface area contributed by atoms with Crippen molar-refractivity contribution in [3.05, 3.63) is 82.4 Å². The van der Waals surface area contributed by atoms with Crippen molar-refractivity contribution in [2.45, 2.75) is 50.1 Å². The molecule has 5 rings (SSSR count). The lowest BCUT2D eigenvalue weighted by Gasteiger charge is -2.27. The molecule has 3 aromatic carbocycles. The number of hydrogen-bond acceptors (Lipinski definition) is 7. The van der Waals surface area contributed by atoms with Crippen LogP contribution in [0.5, 0.6) is 11.5 Å². The number of alkyl halides is 3. The van der Waals surface area contributed by atoms with Gasteiger partial charge in [0.1, 0.15) is 17.5 Å². The molecule has 1 saturated carbocycles. The number of oxime groups is 1. The van der Waals surface area contributed by atoms with Crippen LogP contribution in [-0.4, -0.2) is 49.3 Å². The summed E-state index contributed by atoms with van der Waals surface area (Å²) in [5.74, 6) is -1.53. The minimum atomic E-state index is -4.88. The lowest BCUT2D eigenvalue weighted by Crippen LogP contribution is -2.38. The third kappa shape index (κ3) is 6.85. The Morgan fingerprint density at radius 1 is 1.11 bits per heavy atom. The Morgan fingerprint density at radius 3 is 2.45 bits per heavy atom. The van der Waals surface area contributed by atoms with Crippen LogP contribution in [0.25, 0.3) is 0 Å². The number of hydrogen-bond donors (Lipinski definition) is 2. The number of nitrogens with zero attached hydrogens (tertiary/aromatic N) is 2. The Balaban J connectivity index is 1.48. The molecule has 1 aliphatic heterocycles. The van der Waals surface area contributed by atoms with Gasteiger partial charge in [0.2, 0.25) is 6.10 Å². The summed E-state index contributed by atoms with van der Waals surface area (Å²) in [5, 5.41) is 16.7. The standard InChI is InChI=1S/C31H29ClF3N3O6/c1-3-26(29(40)41)44-36-16-18-12-21(14-23(13-18)42-2)37-27(19-4-6-20(32)7-5-19)28(39)38-17-30(10-11-30)24-9-8-22(15-25(24)38)43-31(33,34)35/h4-9,12-16,26-27,37H,3,10-11,17H2,1-2H3,(H,40,41). The highest BCUT2D eigenvalue weighted by molar-refractivity contribution is 6.30. The van der Waals surface area contributed by atoms with Gasteiger partial charge in [-0.25, -0.2) is 4.79 Å². The van der Waals surface area contributed by atoms with Gasteiger partial charge in [-0.05, 0) is 60.7 Å². The number of aliphatic carboxylic acids is 1. The van der Waals surface area contributed by atoms with E-state index in [0.29, 0.717) is 39.8 Å². The van der Waals surface area contributed by atoms with Crippen molar-refractivity contribution >= 4 is 41.1 Å². The molecule has 9 nitrogen and oxygen atoms in total. The van der Waals surface area contributed by atoms with Crippen LogP contribution >= 0.6 is 11.6 Å². The molecule has 13 heteroatoms. The second-order valence-electron chi connectivity index (χ2n) is 10.6. The number of rotatable bonds is 11. The summed E-state index contributed by atoms with van der Waals surface area (Å²) in [4.78, 5) is 32.2. The van der Waals surface area contributed by atoms with Gasteiger partial charge < -0.3 is 29.6 Å². The van der Waals surface area contributed by atoms with E-state index in [0.717, 1.165) is 18.4 Å². The highest BCUT2D eigenvalue weighted by atomic mass is 35.5. The maximum Gasteiger partial charge on any atom is 0.573 e. The van der Waals surface area contributed by atoms with E-state index in [-0.39, 0.29) is 11.8 Å². The molecular weight excluding hydrogens is 603 g/mol. The van der Waals surface area contributed by atoms with Crippen LogP contribution in [-0.2, 0) is 19.8 Å². The first kappa shape index (κ1) is 31.0. The van der Waals surface area contributed by atoms with Gasteiger partial charge in [0, 0.05) is 40.4 Å². The average molecular weight is 632 g/mol. The van der Waals surface area contributed by atoms with Crippen LogP contribution in [0.4, 0.5) is 24.5 Å². The number of methoxy groups -OCH3 is 1. The maximum atomic E-state index is 14.3. The molecule has 2 N–H and O–H groups in total. The first-order valence-electron chi connectivity index (χ1n) is 13.8. The SMILES string of the molecule is CCC(ON=Cc1cc(NC(C(=O)N2CC3(CC3)c3ccc(OC(F)(F)F)cc32)c2ccc(Cl)cc2)cc(OC)c1)C(=O)O. The van der Waals surface area contributed by atoms with E-state index < -0.39 is 36.1 Å². The fraction of sp³-hybridized carbons (Fsp3) is 0.323. The number of anilines is 2. The zero-order valence-corrected chi connectivity index (χ0v) is 24.5. The zero-order valence-electron chi connectivity index (χ0n) is 23.7. The van der Waals surface area contributed by atoms with E-state index in [1.807, 2.05) is 0 Å². The molecule has 44 heavy (non-hydrogen) atoms. The number of ether oxygens (including phenoxy) is 2. The zero-order chi connectivity index (χ0) is 31.6. The molecule has 232 valence electrons. The summed E-state index contributed by atoms with van der Waals surface area (Å²) in [6.07, 6.45) is -2.83. The Morgan fingerprint density at radius 2 is 1.84 bits per heavy atom. The predicted molar refractivity (Wildman–Crippen MR) is 158 cm³/mol. The molecule has 1 heterocycles. The van der Waals surface area contributed by atoms with Gasteiger partial charge >= 0.3 is 12.3 Å². The molecule has 0 bridgehead atoms. The second kappa shape index (κ2) is 12.3. The summed E-state index contributed by atoms with van der Waals surface area (Å²) in [7, 11) is 1.47. The van der Waals surface area contributed by atoms with Crippen molar-refractivity contribution in [3.8, 4) is 11.5 Å². The molecule has 0 saturated heterocycles. The Kier molecular flexibility index (Phi) is 8.64. The average Bonchev–Trinajstić information content (AvgIpc) is 3.69. The number of carbonyl (C=O) groups excluding carboxylic acids is 1. The van der Waals surface area contributed by atoms with Gasteiger partial charge in [0.15, 0.2) is 0 Å². The summed E-state index contributed by atoms with van der Waals surface area (Å²) in [6, 6.07) is 14.8. The normalized spacial score (nSPS) is 16.4. The number of carboxylic acids is 1. The topological polar surface area (TPSA) is 110 Å². The quantitative estimate of drug-likeness (QED) is 0.179. The van der Waals surface area contributed by atoms with Crippen molar-refractivity contribution < 1.29 is 42.2 Å². The van der Waals surface area contributed by atoms with Crippen molar-refractivity contribution in [3.63, 3.8) is 0 Å². The molecule has 1 amide bonds. The maximum absolute atomic E-state index is 14.3. The second-order valence-corrected chi connectivity index (χ2v) is 11.1. The van der Waals surface area contributed by atoms with E-state index in [4.69, 9.17) is 21.2 Å². The van der Waals surface area contributed by atoms with Gasteiger partial charge in [-0.3, -0.25) is 4.79 Å². The smallest absolute Gasteiger partial charge is 0.497 e. The number of benzene rings is 3. The number of halogens is 4. The van der Waals surface area contributed by atoms with Gasteiger partial charge in [-0.2, -0.15) is 0 Å². The summed E-state index contributed by atoms with van der Waals surface area (Å²) < 4.78 is 48.7. The molecule has 0 radical (unpaired) electrons. The van der Waals surface area contributed by atoms with E-state index in [1.165, 1.54) is 30.4 Å². The molecule has 1 fully saturated rings. The fourth-order valence-electron chi connectivity index (χ4n) is 5.25. The third-order valence-electron chi connectivity index (χ3n) is 7.61.